The topological polar surface area (TPSA) is 161 Å². The van der Waals surface area contributed by atoms with Gasteiger partial charge in [0.15, 0.2) is 5.69 Å². The number of aryl methyl sites for hydroxylation is 1. The number of amides is 1. The van der Waals surface area contributed by atoms with Crippen LogP contribution in [0.4, 0.5) is 22.8 Å². The average Bonchev–Trinajstić information content (AvgIpc) is 3.35. The van der Waals surface area contributed by atoms with Crippen molar-refractivity contribution in [1.29, 1.82) is 0 Å². The third-order valence-corrected chi connectivity index (χ3v) is 7.91. The molecular formula is C28H31F3N6O9S. The van der Waals surface area contributed by atoms with Gasteiger partial charge in [-0.3, -0.25) is 5.01 Å². The minimum atomic E-state index is -4.71. The number of ether oxygens (including phenoxy) is 3. The van der Waals surface area contributed by atoms with Crippen molar-refractivity contribution in [3.63, 3.8) is 0 Å². The number of alkyl halides is 3. The molecule has 0 bridgehead atoms. The molecule has 1 unspecified atom stereocenters. The number of sulfonamides is 1. The van der Waals surface area contributed by atoms with Crippen LogP contribution in [0.15, 0.2) is 64.1 Å². The van der Waals surface area contributed by atoms with Crippen LogP contribution in [0.2, 0.25) is 0 Å². The van der Waals surface area contributed by atoms with E-state index in [-0.39, 0.29) is 22.8 Å². The van der Waals surface area contributed by atoms with Crippen molar-refractivity contribution in [2.45, 2.75) is 56.9 Å². The smallest absolute Gasteiger partial charge is 0.444 e. The molecular weight excluding hydrogens is 653 g/mol. The first-order valence-electron chi connectivity index (χ1n) is 14.1. The number of nitrogens with zero attached hydrogens (tertiary/aromatic N) is 5. The van der Waals surface area contributed by atoms with Crippen LogP contribution in [0.5, 0.6) is 0 Å². The fourth-order valence-corrected chi connectivity index (χ4v) is 5.27. The number of carbonyl (C=O) groups excluding carboxylic acids is 2. The molecule has 19 heteroatoms. The predicted octanol–water partition coefficient (Wildman–Crippen LogP) is 4.23. The highest BCUT2D eigenvalue weighted by molar-refractivity contribution is 7.90. The third kappa shape index (κ3) is 8.40. The Morgan fingerprint density at radius 2 is 1.74 bits per heavy atom. The Balaban J connectivity index is 1.16. The fraction of sp³-hybridized carbons (Fsp3) is 0.393. The van der Waals surface area contributed by atoms with Crippen molar-refractivity contribution >= 4 is 22.3 Å². The highest BCUT2D eigenvalue weighted by atomic mass is 32.2. The lowest BCUT2D eigenvalue weighted by atomic mass is 10.1. The molecule has 4 aromatic rings. The monoisotopic (exact) mass is 684 g/mol. The molecule has 15 nitrogen and oxygen atoms in total. The molecule has 0 aliphatic carbocycles. The van der Waals surface area contributed by atoms with Crippen LogP contribution in [0.25, 0.3) is 16.9 Å². The molecule has 1 atom stereocenters. The molecule has 0 radical (unpaired) electrons. The minimum Gasteiger partial charge on any atom is -0.444 e. The Kier molecular flexibility index (Phi) is 8.94. The first kappa shape index (κ1) is 33.3. The number of aromatic nitrogens is 4. The third-order valence-electron chi connectivity index (χ3n) is 6.58. The summed E-state index contributed by atoms with van der Waals surface area (Å²) in [6, 6.07) is 12.5. The lowest BCUT2D eigenvalue weighted by Gasteiger charge is -2.18. The highest BCUT2D eigenvalue weighted by Gasteiger charge is 2.36. The Hall–Kier alpha value is -5.07. The van der Waals surface area contributed by atoms with E-state index in [0.717, 1.165) is 33.5 Å². The van der Waals surface area contributed by atoms with Crippen molar-refractivity contribution < 1.29 is 54.9 Å². The van der Waals surface area contributed by atoms with Gasteiger partial charge in [0.2, 0.25) is 0 Å². The summed E-state index contributed by atoms with van der Waals surface area (Å²) in [6.45, 7) is 6.85. The lowest BCUT2D eigenvalue weighted by molar-refractivity contribution is -0.141. The Morgan fingerprint density at radius 1 is 1.06 bits per heavy atom. The van der Waals surface area contributed by atoms with Crippen molar-refractivity contribution in [3.8, 4) is 16.9 Å². The number of rotatable bonds is 9. The molecule has 1 aliphatic rings. The molecule has 0 saturated carbocycles. The average molecular weight is 685 g/mol. The zero-order chi connectivity index (χ0) is 34.1. The SMILES string of the molecule is Cc1ccc(-c2cc(C(F)(F)F)nn2-c2ccc(S(=O)(=O)NC(=O)OC3CCN(n4on4OCOC(=O)OC(C)(C)C)C3)cc2)cc1. The van der Waals surface area contributed by atoms with E-state index in [1.165, 1.54) is 17.1 Å². The molecule has 1 N–H and O–H groups in total. The largest absolute Gasteiger partial charge is 0.511 e. The van der Waals surface area contributed by atoms with Gasteiger partial charge in [-0.05, 0) is 58.0 Å². The van der Waals surface area contributed by atoms with Crippen molar-refractivity contribution in [1.82, 2.24) is 24.5 Å². The number of nitrogens with one attached hydrogen (secondary N) is 1. The van der Waals surface area contributed by atoms with E-state index in [0.29, 0.717) is 18.5 Å². The molecule has 1 fully saturated rings. The van der Waals surface area contributed by atoms with Crippen molar-refractivity contribution in [2.75, 3.05) is 24.9 Å². The number of benzene rings is 2. The lowest BCUT2D eigenvalue weighted by Crippen LogP contribution is -2.36. The second-order valence-electron chi connectivity index (χ2n) is 11.4. The van der Waals surface area contributed by atoms with E-state index in [1.807, 2.05) is 11.6 Å². The normalized spacial score (nSPS) is 15.5. The summed E-state index contributed by atoms with van der Waals surface area (Å²) < 4.78 is 89.3. The summed E-state index contributed by atoms with van der Waals surface area (Å²) in [5.74, 6) is 0. The molecule has 2 aromatic heterocycles. The molecule has 5 rings (SSSR count). The van der Waals surface area contributed by atoms with E-state index in [1.54, 1.807) is 50.0 Å². The van der Waals surface area contributed by atoms with Crippen LogP contribution >= 0.6 is 0 Å². The van der Waals surface area contributed by atoms with E-state index in [4.69, 9.17) is 23.7 Å². The summed E-state index contributed by atoms with van der Waals surface area (Å²) in [5.41, 5.74) is -0.148. The van der Waals surface area contributed by atoms with E-state index in [9.17, 15) is 31.2 Å². The molecule has 47 heavy (non-hydrogen) atoms. The maximum Gasteiger partial charge on any atom is 0.511 e. The second kappa shape index (κ2) is 12.6. The van der Waals surface area contributed by atoms with Gasteiger partial charge in [0, 0.05) is 23.5 Å². The van der Waals surface area contributed by atoms with Crippen LogP contribution in [-0.4, -0.2) is 72.0 Å². The highest BCUT2D eigenvalue weighted by Crippen LogP contribution is 2.33. The van der Waals surface area contributed by atoms with Gasteiger partial charge in [-0.15, -0.1) is 0 Å². The van der Waals surface area contributed by atoms with Crippen LogP contribution in [-0.2, 0) is 30.4 Å². The van der Waals surface area contributed by atoms with Gasteiger partial charge < -0.3 is 19.0 Å². The van der Waals surface area contributed by atoms with Gasteiger partial charge in [0.05, 0.1) is 22.8 Å². The van der Waals surface area contributed by atoms with Crippen LogP contribution in [0.1, 0.15) is 38.4 Å². The zero-order valence-corrected chi connectivity index (χ0v) is 26.4. The van der Waals surface area contributed by atoms with Gasteiger partial charge in [-0.1, -0.05) is 29.8 Å². The maximum atomic E-state index is 13.5. The first-order chi connectivity index (χ1) is 22.0. The molecule has 3 heterocycles. The Labute approximate surface area is 266 Å². The molecule has 0 spiro atoms. The molecule has 254 valence electrons. The Bertz CT molecular complexity index is 1820. The summed E-state index contributed by atoms with van der Waals surface area (Å²) in [5, 5.41) is 6.21. The molecule has 1 aliphatic heterocycles. The summed E-state index contributed by atoms with van der Waals surface area (Å²) in [6.07, 6.45) is -7.24. The van der Waals surface area contributed by atoms with Gasteiger partial charge in [0.1, 0.15) is 16.7 Å². The second-order valence-corrected chi connectivity index (χ2v) is 13.1. The van der Waals surface area contributed by atoms with Gasteiger partial charge in [-0.2, -0.15) is 22.9 Å². The molecule has 1 amide bonds. The number of hydrogen-bond acceptors (Lipinski definition) is 11. The predicted molar refractivity (Wildman–Crippen MR) is 155 cm³/mol. The van der Waals surface area contributed by atoms with Crippen molar-refractivity contribution in [2.24, 2.45) is 0 Å². The zero-order valence-electron chi connectivity index (χ0n) is 25.6. The van der Waals surface area contributed by atoms with E-state index < -0.39 is 52.6 Å². The number of hydrogen-bond donors (Lipinski definition) is 1. The first-order valence-corrected chi connectivity index (χ1v) is 15.6. The summed E-state index contributed by atoms with van der Waals surface area (Å²) in [4.78, 5) is 30.0. The van der Waals surface area contributed by atoms with E-state index in [2.05, 4.69) is 5.10 Å². The maximum absolute atomic E-state index is 13.5. The fourth-order valence-electron chi connectivity index (χ4n) is 4.39. The summed E-state index contributed by atoms with van der Waals surface area (Å²) in [7, 11) is -4.40. The number of halogens is 3. The number of carbonyl (C=O) groups is 2. The standard InChI is InChI=1S/C28H31F3N6O9S/c1-18-5-7-19(8-6-18)23-15-24(28(29,30)31)32-35(23)20-9-11-22(12-10-20)47(40,41)33-25(38)44-21-13-14-34(16-21)36-37(46-36)43-17-42-26(39)45-27(2,3)4/h5-12,15,21H,13-14,16-17H2,1-4H3,(H,33,38). The molecule has 2 aromatic carbocycles. The van der Waals surface area contributed by atoms with Gasteiger partial charge in [0.25, 0.3) is 16.8 Å². The van der Waals surface area contributed by atoms with Gasteiger partial charge >= 0.3 is 18.4 Å². The van der Waals surface area contributed by atoms with E-state index >= 15 is 0 Å². The minimum absolute atomic E-state index is 0.127. The van der Waals surface area contributed by atoms with Crippen LogP contribution in [0, 0.1) is 6.92 Å². The van der Waals surface area contributed by atoms with Crippen LogP contribution < -0.4 is 14.6 Å². The Morgan fingerprint density at radius 3 is 2.38 bits per heavy atom. The van der Waals surface area contributed by atoms with Crippen molar-refractivity contribution in [3.05, 3.63) is 65.9 Å². The quantitative estimate of drug-likeness (QED) is 0.199. The summed E-state index contributed by atoms with van der Waals surface area (Å²) >= 11 is 0. The van der Waals surface area contributed by atoms with Crippen LogP contribution in [0.3, 0.4) is 0 Å². The molecule has 1 saturated heterocycles. The van der Waals surface area contributed by atoms with Gasteiger partial charge in [-0.25, -0.2) is 27.4 Å².